The molecule has 1 atom stereocenters. The molecule has 0 saturated carbocycles. The van der Waals surface area contributed by atoms with Crippen molar-refractivity contribution in [2.24, 2.45) is 0 Å². The van der Waals surface area contributed by atoms with E-state index in [-0.39, 0.29) is 19.1 Å². The summed E-state index contributed by atoms with van der Waals surface area (Å²) in [5, 5.41) is 2.61. The Morgan fingerprint density at radius 3 is 2.67 bits per heavy atom. The lowest BCUT2D eigenvalue weighted by Crippen LogP contribution is -2.21. The Morgan fingerprint density at radius 2 is 2.06 bits per heavy atom. The van der Waals surface area contributed by atoms with Crippen LogP contribution in [-0.2, 0) is 13.6 Å². The average molecular weight is 270 g/mol. The molecule has 0 saturated heterocycles. The Kier molecular flexibility index (Phi) is 3.80. The highest BCUT2D eigenvalue weighted by Crippen LogP contribution is 2.60. The van der Waals surface area contributed by atoms with E-state index in [0.29, 0.717) is 11.3 Å². The van der Waals surface area contributed by atoms with Gasteiger partial charge in [0.1, 0.15) is 0 Å². The number of hydrogen-bond donors (Lipinski definition) is 1. The third-order valence-corrected chi connectivity index (χ3v) is 4.79. The Morgan fingerprint density at radius 1 is 1.39 bits per heavy atom. The topological polar surface area (TPSA) is 77.5 Å². The van der Waals surface area contributed by atoms with E-state index in [1.165, 1.54) is 0 Å². The lowest BCUT2D eigenvalue weighted by molar-refractivity contribution is 0.0956. The second kappa shape index (κ2) is 5.18. The first kappa shape index (κ1) is 13.2. The van der Waals surface area contributed by atoms with Gasteiger partial charge < -0.3 is 14.4 Å². The summed E-state index contributed by atoms with van der Waals surface area (Å²) in [7, 11) is -3.43. The van der Waals surface area contributed by atoms with E-state index >= 15 is 0 Å². The van der Waals surface area contributed by atoms with Crippen LogP contribution < -0.4 is 5.32 Å². The number of aromatic nitrogens is 1. The van der Waals surface area contributed by atoms with E-state index in [9.17, 15) is 9.36 Å². The maximum absolute atomic E-state index is 12.6. The standard InChI is InChI=1S/C11H15N2O4P/c1-3-16-18(15,17-4-2)11-9-8(10(14)13-11)6-5-7-12-9/h5-7,11H,3-4H2,1-2H3,(H,13,14). The van der Waals surface area contributed by atoms with E-state index in [0.717, 1.165) is 0 Å². The number of pyridine rings is 1. The van der Waals surface area contributed by atoms with Gasteiger partial charge in [-0.25, -0.2) is 0 Å². The Labute approximate surface area is 105 Å². The predicted octanol–water partition coefficient (Wildman–Crippen LogP) is 2.09. The average Bonchev–Trinajstić information content (AvgIpc) is 2.69. The fraction of sp³-hybridized carbons (Fsp3) is 0.455. The third kappa shape index (κ3) is 2.19. The lowest BCUT2D eigenvalue weighted by Gasteiger charge is -2.22. The number of fused-ring (bicyclic) bond motifs is 1. The Hall–Kier alpha value is -1.23. The fourth-order valence-electron chi connectivity index (χ4n) is 1.87. The lowest BCUT2D eigenvalue weighted by atomic mass is 10.2. The molecule has 2 rings (SSSR count). The normalized spacial score (nSPS) is 18.6. The second-order valence-corrected chi connectivity index (χ2v) is 5.80. The van der Waals surface area contributed by atoms with Crippen LogP contribution in [0, 0.1) is 0 Å². The molecular weight excluding hydrogens is 255 g/mol. The monoisotopic (exact) mass is 270 g/mol. The molecule has 1 aromatic heterocycles. The Bertz CT molecular complexity index is 496. The summed E-state index contributed by atoms with van der Waals surface area (Å²) in [6.07, 6.45) is 1.55. The molecule has 98 valence electrons. The van der Waals surface area contributed by atoms with E-state index in [1.807, 2.05) is 0 Å². The molecule has 2 heterocycles. The van der Waals surface area contributed by atoms with Crippen LogP contribution in [-0.4, -0.2) is 24.1 Å². The van der Waals surface area contributed by atoms with Gasteiger partial charge >= 0.3 is 7.60 Å². The fourth-order valence-corrected chi connectivity index (χ4v) is 3.75. The van der Waals surface area contributed by atoms with E-state index in [1.54, 1.807) is 32.2 Å². The molecule has 1 aromatic rings. The molecule has 0 bridgehead atoms. The van der Waals surface area contributed by atoms with Crippen molar-refractivity contribution in [2.75, 3.05) is 13.2 Å². The maximum atomic E-state index is 12.6. The molecule has 0 aliphatic carbocycles. The summed E-state index contributed by atoms with van der Waals surface area (Å²) in [5.74, 6) is -1.12. The molecule has 18 heavy (non-hydrogen) atoms. The van der Waals surface area contributed by atoms with Crippen molar-refractivity contribution in [1.82, 2.24) is 10.3 Å². The van der Waals surface area contributed by atoms with Gasteiger partial charge in [0.2, 0.25) is 0 Å². The molecule has 0 fully saturated rings. The van der Waals surface area contributed by atoms with Crippen molar-refractivity contribution >= 4 is 13.5 Å². The first-order valence-corrected chi connectivity index (χ1v) is 7.38. The van der Waals surface area contributed by atoms with E-state index in [2.05, 4.69) is 10.3 Å². The third-order valence-electron chi connectivity index (χ3n) is 2.54. The number of nitrogens with one attached hydrogen (secondary N) is 1. The number of rotatable bonds is 5. The summed E-state index contributed by atoms with van der Waals surface area (Å²) in [6.45, 7) is 3.93. The molecule has 6 nitrogen and oxygen atoms in total. The van der Waals surface area contributed by atoms with Crippen molar-refractivity contribution in [3.8, 4) is 0 Å². The van der Waals surface area contributed by atoms with Crippen LogP contribution in [0.15, 0.2) is 18.3 Å². The summed E-state index contributed by atoms with van der Waals surface area (Å²) in [6, 6.07) is 3.30. The predicted molar refractivity (Wildman–Crippen MR) is 65.3 cm³/mol. The molecule has 0 spiro atoms. The molecule has 1 unspecified atom stereocenters. The maximum Gasteiger partial charge on any atom is 0.358 e. The van der Waals surface area contributed by atoms with Gasteiger partial charge in [0.05, 0.1) is 24.5 Å². The van der Waals surface area contributed by atoms with Crippen LogP contribution in [0.2, 0.25) is 0 Å². The number of amides is 1. The molecule has 7 heteroatoms. The summed E-state index contributed by atoms with van der Waals surface area (Å²) in [4.78, 5) is 15.9. The zero-order chi connectivity index (χ0) is 13.2. The van der Waals surface area contributed by atoms with Gasteiger partial charge in [-0.05, 0) is 26.0 Å². The molecule has 1 aliphatic heterocycles. The zero-order valence-electron chi connectivity index (χ0n) is 10.3. The van der Waals surface area contributed by atoms with Crippen LogP contribution in [0.3, 0.4) is 0 Å². The summed E-state index contributed by atoms with van der Waals surface area (Å²) in [5.41, 5.74) is 0.842. The number of carbonyl (C=O) groups excluding carboxylic acids is 1. The highest BCUT2D eigenvalue weighted by molar-refractivity contribution is 7.54. The van der Waals surface area contributed by atoms with Gasteiger partial charge in [0.25, 0.3) is 5.91 Å². The van der Waals surface area contributed by atoms with Crippen molar-refractivity contribution in [2.45, 2.75) is 19.6 Å². The van der Waals surface area contributed by atoms with Crippen LogP contribution in [0.1, 0.15) is 35.7 Å². The number of nitrogens with zero attached hydrogens (tertiary/aromatic N) is 1. The van der Waals surface area contributed by atoms with Crippen molar-refractivity contribution in [3.63, 3.8) is 0 Å². The molecule has 1 aliphatic rings. The quantitative estimate of drug-likeness (QED) is 0.829. The van der Waals surface area contributed by atoms with Crippen molar-refractivity contribution in [3.05, 3.63) is 29.6 Å². The zero-order valence-corrected chi connectivity index (χ0v) is 11.1. The minimum absolute atomic E-state index is 0.242. The number of hydrogen-bond acceptors (Lipinski definition) is 5. The highest BCUT2D eigenvalue weighted by atomic mass is 31.2. The molecule has 1 N–H and O–H groups in total. The summed E-state index contributed by atoms with van der Waals surface area (Å²) < 4.78 is 23.1. The smallest absolute Gasteiger partial charge is 0.333 e. The molecule has 0 aromatic carbocycles. The first-order valence-electron chi connectivity index (χ1n) is 5.77. The van der Waals surface area contributed by atoms with Crippen LogP contribution in [0.25, 0.3) is 0 Å². The van der Waals surface area contributed by atoms with E-state index < -0.39 is 13.4 Å². The van der Waals surface area contributed by atoms with Crippen molar-refractivity contribution in [1.29, 1.82) is 0 Å². The van der Waals surface area contributed by atoms with Crippen LogP contribution >= 0.6 is 7.60 Å². The van der Waals surface area contributed by atoms with Crippen molar-refractivity contribution < 1.29 is 18.4 Å². The minimum atomic E-state index is -3.43. The number of carbonyl (C=O) groups is 1. The molecular formula is C11H15N2O4P. The minimum Gasteiger partial charge on any atom is -0.333 e. The first-order chi connectivity index (χ1) is 8.62. The van der Waals surface area contributed by atoms with Gasteiger partial charge in [-0.3, -0.25) is 14.3 Å². The molecule has 1 amide bonds. The SMILES string of the molecule is CCOP(=O)(OCC)C1NC(=O)c2cccnc21. The van der Waals surface area contributed by atoms with Gasteiger partial charge in [-0.1, -0.05) is 0 Å². The van der Waals surface area contributed by atoms with Gasteiger partial charge in [0, 0.05) is 6.20 Å². The van der Waals surface area contributed by atoms with Crippen LogP contribution in [0.5, 0.6) is 0 Å². The molecule has 0 radical (unpaired) electrons. The van der Waals surface area contributed by atoms with Crippen LogP contribution in [0.4, 0.5) is 0 Å². The van der Waals surface area contributed by atoms with Gasteiger partial charge in [0.15, 0.2) is 5.78 Å². The van der Waals surface area contributed by atoms with Gasteiger partial charge in [-0.2, -0.15) is 0 Å². The highest BCUT2D eigenvalue weighted by Gasteiger charge is 2.45. The van der Waals surface area contributed by atoms with Gasteiger partial charge in [-0.15, -0.1) is 0 Å². The van der Waals surface area contributed by atoms with E-state index in [4.69, 9.17) is 9.05 Å². The second-order valence-electron chi connectivity index (χ2n) is 3.69. The Balaban J connectivity index is 2.40. The summed E-state index contributed by atoms with van der Waals surface area (Å²) >= 11 is 0. The largest absolute Gasteiger partial charge is 0.358 e.